The minimum Gasteiger partial charge on any atom is -0.364 e. The fourth-order valence-electron chi connectivity index (χ4n) is 10.9. The van der Waals surface area contributed by atoms with E-state index in [-0.39, 0.29) is 0 Å². The van der Waals surface area contributed by atoms with Crippen LogP contribution in [0.2, 0.25) is 0 Å². The molecule has 12 rings (SSSR count). The highest BCUT2D eigenvalue weighted by atomic mass is 15.2. The van der Waals surface area contributed by atoms with E-state index in [2.05, 4.69) is 256 Å². The minimum atomic E-state index is 0.327. The number of fused-ring (bicyclic) bond motifs is 5. The number of benzene rings is 10. The molecule has 1 aliphatic heterocycles. The van der Waals surface area contributed by atoms with Gasteiger partial charge in [-0.1, -0.05) is 230 Å². The van der Waals surface area contributed by atoms with Crippen LogP contribution in [0.5, 0.6) is 0 Å². The van der Waals surface area contributed by atoms with Gasteiger partial charge in [0.05, 0.1) is 6.04 Å². The van der Waals surface area contributed by atoms with Crippen LogP contribution in [0.25, 0.3) is 93.9 Å². The van der Waals surface area contributed by atoms with Gasteiger partial charge in [0.15, 0.2) is 0 Å². The first-order valence-corrected chi connectivity index (χ1v) is 23.8. The monoisotopic (exact) mass is 857 g/mol. The molecule has 1 aliphatic carbocycles. The number of anilines is 1. The lowest BCUT2D eigenvalue weighted by Gasteiger charge is -2.28. The van der Waals surface area contributed by atoms with E-state index in [1.165, 1.54) is 122 Å². The Kier molecular flexibility index (Phi) is 10.1. The second-order valence-corrected chi connectivity index (χ2v) is 18.4. The summed E-state index contributed by atoms with van der Waals surface area (Å²) in [6.45, 7) is 7.67. The lowest BCUT2D eigenvalue weighted by atomic mass is 9.84. The standard InChI is InChI=1S/C66H51N/c1-4-67-63-37-33-55(46-13-9-6-10-14-46)41-59(63)60-42-56(34-38-64(60)67)52-23-21-49(22-24-52)51-27-31-54(32-28-51)66-58-36-16-43(2)39-61(58)65(57-35-15-44(3)40-62(57)66)53-29-25-50(26-30-53)48-19-17-47(18-20-48)45-11-7-5-8-12-45/h5-42,59,63H,4H2,1-3H3. The number of nitrogens with zero attached hydrogens (tertiary/aromatic N) is 1. The predicted octanol–water partition coefficient (Wildman–Crippen LogP) is 17.6. The summed E-state index contributed by atoms with van der Waals surface area (Å²) in [5, 5.41) is 5.11. The number of hydrogen-bond acceptors (Lipinski definition) is 1. The molecule has 0 bridgehead atoms. The van der Waals surface area contributed by atoms with E-state index < -0.39 is 0 Å². The molecule has 0 fully saturated rings. The summed E-state index contributed by atoms with van der Waals surface area (Å²) in [4.78, 5) is 2.55. The molecule has 0 saturated carbocycles. The van der Waals surface area contributed by atoms with Gasteiger partial charge in [0, 0.05) is 18.2 Å². The van der Waals surface area contributed by atoms with Crippen molar-refractivity contribution in [2.75, 3.05) is 11.4 Å². The lowest BCUT2D eigenvalue weighted by Crippen LogP contribution is -2.32. The van der Waals surface area contributed by atoms with E-state index in [0.717, 1.165) is 6.54 Å². The molecular weight excluding hydrogens is 807 g/mol. The SMILES string of the molecule is CCN1c2ccc(-c3ccc(-c4ccc(-c5c6ccc(C)cc6c(-c6ccc(-c7ccc(-c8ccccc8)cc7)cc6)c6ccc(C)cc56)cc4)cc3)cc2C2C=C(c3ccccc3)C=CC21. The summed E-state index contributed by atoms with van der Waals surface area (Å²) in [5.74, 6) is 0.327. The zero-order valence-corrected chi connectivity index (χ0v) is 38.2. The van der Waals surface area contributed by atoms with Gasteiger partial charge in [-0.25, -0.2) is 0 Å². The smallest absolute Gasteiger partial charge is 0.0580 e. The molecule has 67 heavy (non-hydrogen) atoms. The quantitative estimate of drug-likeness (QED) is 0.138. The van der Waals surface area contributed by atoms with Crippen molar-refractivity contribution < 1.29 is 0 Å². The van der Waals surface area contributed by atoms with Crippen molar-refractivity contribution in [1.82, 2.24) is 0 Å². The molecule has 320 valence electrons. The zero-order valence-electron chi connectivity index (χ0n) is 38.2. The average Bonchev–Trinajstić information content (AvgIpc) is 3.71. The fraction of sp³-hybridized carbons (Fsp3) is 0.0909. The maximum atomic E-state index is 2.55. The Morgan fingerprint density at radius 2 is 0.776 bits per heavy atom. The molecule has 0 radical (unpaired) electrons. The first kappa shape index (κ1) is 40.5. The summed E-state index contributed by atoms with van der Waals surface area (Å²) in [6, 6.07) is 79.2. The molecule has 10 aromatic carbocycles. The van der Waals surface area contributed by atoms with Crippen LogP contribution >= 0.6 is 0 Å². The minimum absolute atomic E-state index is 0.327. The molecule has 0 aromatic heterocycles. The maximum absolute atomic E-state index is 2.55. The van der Waals surface area contributed by atoms with E-state index in [1.807, 2.05) is 0 Å². The van der Waals surface area contributed by atoms with E-state index >= 15 is 0 Å². The van der Waals surface area contributed by atoms with E-state index in [1.54, 1.807) is 0 Å². The van der Waals surface area contributed by atoms with Crippen molar-refractivity contribution in [2.45, 2.75) is 32.7 Å². The highest BCUT2D eigenvalue weighted by Gasteiger charge is 2.37. The van der Waals surface area contributed by atoms with E-state index in [4.69, 9.17) is 0 Å². The van der Waals surface area contributed by atoms with Crippen molar-refractivity contribution in [2.24, 2.45) is 0 Å². The Morgan fingerprint density at radius 1 is 0.373 bits per heavy atom. The molecule has 10 aromatic rings. The summed E-state index contributed by atoms with van der Waals surface area (Å²) in [6.07, 6.45) is 7.21. The highest BCUT2D eigenvalue weighted by Crippen LogP contribution is 2.48. The molecule has 1 nitrogen and oxygen atoms in total. The van der Waals surface area contributed by atoms with Crippen LogP contribution in [0.15, 0.2) is 231 Å². The molecule has 0 saturated heterocycles. The summed E-state index contributed by atoms with van der Waals surface area (Å²) in [5.41, 5.74) is 22.7. The summed E-state index contributed by atoms with van der Waals surface area (Å²) < 4.78 is 0. The molecule has 2 atom stereocenters. The Labute approximate surface area is 394 Å². The lowest BCUT2D eigenvalue weighted by molar-refractivity contribution is 0.690. The molecule has 0 N–H and O–H groups in total. The Bertz CT molecular complexity index is 3520. The van der Waals surface area contributed by atoms with Crippen LogP contribution in [0.4, 0.5) is 5.69 Å². The average molecular weight is 858 g/mol. The molecule has 1 heteroatoms. The number of rotatable bonds is 8. The van der Waals surface area contributed by atoms with Crippen LogP contribution in [-0.4, -0.2) is 12.6 Å². The summed E-state index contributed by atoms with van der Waals surface area (Å²) in [7, 11) is 0. The molecule has 0 amide bonds. The molecule has 2 aliphatic rings. The van der Waals surface area contributed by atoms with Crippen LogP contribution < -0.4 is 4.90 Å². The van der Waals surface area contributed by atoms with Gasteiger partial charge >= 0.3 is 0 Å². The Hall–Kier alpha value is -8.00. The molecular formula is C66H51N. The predicted molar refractivity (Wildman–Crippen MR) is 287 cm³/mol. The van der Waals surface area contributed by atoms with E-state index in [0.29, 0.717) is 12.0 Å². The number of aryl methyl sites for hydroxylation is 2. The zero-order chi connectivity index (χ0) is 45.0. The Morgan fingerprint density at radius 3 is 1.24 bits per heavy atom. The van der Waals surface area contributed by atoms with Crippen molar-refractivity contribution in [3.05, 3.63) is 253 Å². The van der Waals surface area contributed by atoms with Gasteiger partial charge in [-0.15, -0.1) is 0 Å². The van der Waals surface area contributed by atoms with Crippen LogP contribution in [0, 0.1) is 13.8 Å². The van der Waals surface area contributed by atoms with Crippen LogP contribution in [0.3, 0.4) is 0 Å². The van der Waals surface area contributed by atoms with Crippen molar-refractivity contribution in [1.29, 1.82) is 0 Å². The third kappa shape index (κ3) is 7.29. The second kappa shape index (κ2) is 16.8. The molecule has 1 heterocycles. The van der Waals surface area contributed by atoms with Gasteiger partial charge in [0.1, 0.15) is 0 Å². The van der Waals surface area contributed by atoms with E-state index in [9.17, 15) is 0 Å². The van der Waals surface area contributed by atoms with Gasteiger partial charge in [-0.3, -0.25) is 0 Å². The van der Waals surface area contributed by atoms with Crippen molar-refractivity contribution >= 4 is 32.8 Å². The van der Waals surface area contributed by atoms with Gasteiger partial charge < -0.3 is 4.90 Å². The fourth-order valence-corrected chi connectivity index (χ4v) is 10.9. The number of allylic oxidation sites excluding steroid dienone is 2. The normalized spacial score (nSPS) is 15.1. The molecule has 2 unspecified atom stereocenters. The summed E-state index contributed by atoms with van der Waals surface area (Å²) >= 11 is 0. The van der Waals surface area contributed by atoms with Crippen LogP contribution in [-0.2, 0) is 0 Å². The van der Waals surface area contributed by atoms with Gasteiger partial charge in [-0.2, -0.15) is 0 Å². The van der Waals surface area contributed by atoms with Gasteiger partial charge in [-0.05, 0) is 138 Å². The number of likely N-dealkylation sites (N-methyl/N-ethyl adjacent to an activating group) is 1. The molecule has 0 spiro atoms. The second-order valence-electron chi connectivity index (χ2n) is 18.4. The first-order chi connectivity index (χ1) is 33.0. The van der Waals surface area contributed by atoms with Crippen molar-refractivity contribution in [3.63, 3.8) is 0 Å². The first-order valence-electron chi connectivity index (χ1n) is 23.8. The largest absolute Gasteiger partial charge is 0.364 e. The van der Waals surface area contributed by atoms with Gasteiger partial charge in [0.25, 0.3) is 0 Å². The van der Waals surface area contributed by atoms with Crippen LogP contribution in [0.1, 0.15) is 35.1 Å². The van der Waals surface area contributed by atoms with Crippen molar-refractivity contribution in [3.8, 4) is 66.8 Å². The topological polar surface area (TPSA) is 3.24 Å². The maximum Gasteiger partial charge on any atom is 0.0580 e. The van der Waals surface area contributed by atoms with Gasteiger partial charge in [0.2, 0.25) is 0 Å². The number of hydrogen-bond donors (Lipinski definition) is 0. The third-order valence-electron chi connectivity index (χ3n) is 14.4. The Balaban J connectivity index is 0.856. The highest BCUT2D eigenvalue weighted by molar-refractivity contribution is 6.21. The third-order valence-corrected chi connectivity index (χ3v) is 14.4.